The maximum atomic E-state index is 11.7. The Bertz CT molecular complexity index is 534. The van der Waals surface area contributed by atoms with Crippen molar-refractivity contribution in [1.29, 1.82) is 0 Å². The van der Waals surface area contributed by atoms with Crippen molar-refractivity contribution in [2.75, 3.05) is 6.54 Å². The van der Waals surface area contributed by atoms with Crippen LogP contribution < -0.4 is 10.6 Å². The number of benzene rings is 1. The molecule has 0 aliphatic carbocycles. The molecule has 0 saturated carbocycles. The summed E-state index contributed by atoms with van der Waals surface area (Å²) in [5.74, 6) is -2.81. The summed E-state index contributed by atoms with van der Waals surface area (Å²) in [6.07, 6.45) is -3.77. The van der Waals surface area contributed by atoms with Crippen LogP contribution in [0.25, 0.3) is 0 Å². The molecule has 0 spiro atoms. The lowest BCUT2D eigenvalue weighted by molar-refractivity contribution is -0.146. The number of carbonyl (C=O) groups excluding carboxylic acids is 2. The van der Waals surface area contributed by atoms with Gasteiger partial charge in [0.05, 0.1) is 0 Å². The van der Waals surface area contributed by atoms with Gasteiger partial charge in [0.15, 0.2) is 12.2 Å². The number of hydrogen-bond acceptors (Lipinski definition) is 5. The van der Waals surface area contributed by atoms with E-state index < -0.39 is 30.0 Å². The van der Waals surface area contributed by atoms with E-state index in [0.29, 0.717) is 0 Å². The van der Waals surface area contributed by atoms with Crippen LogP contribution in [-0.4, -0.2) is 51.9 Å². The van der Waals surface area contributed by atoms with Crippen LogP contribution in [0.15, 0.2) is 30.3 Å². The van der Waals surface area contributed by atoms with E-state index in [1.165, 1.54) is 0 Å². The molecule has 1 rings (SSSR count). The standard InChI is InChI=1S/C15H20N2O6/c18-11(19)7-4-8-16-14(22)12(20)13(21)15(23)17-9-10-5-2-1-3-6-10/h1-3,5-6,12-13,20-21H,4,7-9H2,(H,16,22)(H,17,23)(H,18,19)/t12-,13-/m1/s1. The average molecular weight is 324 g/mol. The highest BCUT2D eigenvalue weighted by Crippen LogP contribution is 2.00. The molecule has 0 aromatic heterocycles. The summed E-state index contributed by atoms with van der Waals surface area (Å²) in [5, 5.41) is 32.4. The molecule has 0 saturated heterocycles. The second-order valence-corrected chi connectivity index (χ2v) is 4.88. The van der Waals surface area contributed by atoms with Gasteiger partial charge in [-0.3, -0.25) is 14.4 Å². The third-order valence-corrected chi connectivity index (χ3v) is 3.01. The quantitative estimate of drug-likeness (QED) is 0.370. The zero-order chi connectivity index (χ0) is 17.2. The molecule has 0 aliphatic heterocycles. The fourth-order valence-corrected chi connectivity index (χ4v) is 1.73. The van der Waals surface area contributed by atoms with Gasteiger partial charge in [-0.2, -0.15) is 0 Å². The monoisotopic (exact) mass is 324 g/mol. The SMILES string of the molecule is O=C(O)CCCNC(=O)[C@H](O)[C@@H](O)C(=O)NCc1ccccc1. The first kappa shape index (κ1) is 18.6. The number of aliphatic hydroxyl groups is 2. The van der Waals surface area contributed by atoms with Crippen LogP contribution in [0.2, 0.25) is 0 Å². The lowest BCUT2D eigenvalue weighted by Crippen LogP contribution is -2.49. The molecule has 0 unspecified atom stereocenters. The van der Waals surface area contributed by atoms with Gasteiger partial charge in [0.25, 0.3) is 11.8 Å². The minimum absolute atomic E-state index is 0.0283. The summed E-state index contributed by atoms with van der Waals surface area (Å²) in [5.41, 5.74) is 0.806. The lowest BCUT2D eigenvalue weighted by atomic mass is 10.1. The molecule has 8 nitrogen and oxygen atoms in total. The molecule has 0 aliphatic rings. The number of aliphatic carboxylic acids is 1. The van der Waals surface area contributed by atoms with Crippen LogP contribution in [-0.2, 0) is 20.9 Å². The van der Waals surface area contributed by atoms with Gasteiger partial charge in [0.2, 0.25) is 0 Å². The Labute approximate surface area is 133 Å². The van der Waals surface area contributed by atoms with Crippen molar-refractivity contribution in [3.8, 4) is 0 Å². The van der Waals surface area contributed by atoms with Crippen molar-refractivity contribution < 1.29 is 29.7 Å². The van der Waals surface area contributed by atoms with E-state index in [4.69, 9.17) is 5.11 Å². The molecule has 126 valence electrons. The Balaban J connectivity index is 2.35. The van der Waals surface area contributed by atoms with E-state index in [2.05, 4.69) is 10.6 Å². The summed E-state index contributed by atoms with van der Waals surface area (Å²) >= 11 is 0. The van der Waals surface area contributed by atoms with E-state index in [0.717, 1.165) is 5.56 Å². The molecule has 0 heterocycles. The molecule has 5 N–H and O–H groups in total. The van der Waals surface area contributed by atoms with Gasteiger partial charge in [0.1, 0.15) is 0 Å². The molecule has 1 aromatic rings. The van der Waals surface area contributed by atoms with E-state index >= 15 is 0 Å². The smallest absolute Gasteiger partial charge is 0.303 e. The molecule has 23 heavy (non-hydrogen) atoms. The number of rotatable bonds is 9. The molecular weight excluding hydrogens is 304 g/mol. The molecule has 8 heteroatoms. The molecule has 2 atom stereocenters. The highest BCUT2D eigenvalue weighted by Gasteiger charge is 2.29. The van der Waals surface area contributed by atoms with Crippen molar-refractivity contribution >= 4 is 17.8 Å². The van der Waals surface area contributed by atoms with Crippen molar-refractivity contribution in [1.82, 2.24) is 10.6 Å². The summed E-state index contributed by atoms with van der Waals surface area (Å²) in [6.45, 7) is 0.185. The third-order valence-electron chi connectivity index (χ3n) is 3.01. The van der Waals surface area contributed by atoms with E-state index in [1.807, 2.05) is 6.07 Å². The highest BCUT2D eigenvalue weighted by atomic mass is 16.4. The first-order chi connectivity index (χ1) is 10.9. The zero-order valence-corrected chi connectivity index (χ0v) is 12.4. The predicted molar refractivity (Wildman–Crippen MR) is 80.2 cm³/mol. The van der Waals surface area contributed by atoms with Crippen LogP contribution in [0.4, 0.5) is 0 Å². The van der Waals surface area contributed by atoms with Crippen molar-refractivity contribution in [2.45, 2.75) is 31.6 Å². The fourth-order valence-electron chi connectivity index (χ4n) is 1.73. The topological polar surface area (TPSA) is 136 Å². The molecule has 0 bridgehead atoms. The average Bonchev–Trinajstić information content (AvgIpc) is 2.55. The first-order valence-corrected chi connectivity index (χ1v) is 7.09. The van der Waals surface area contributed by atoms with Gasteiger partial charge >= 0.3 is 5.97 Å². The van der Waals surface area contributed by atoms with E-state index in [-0.39, 0.29) is 25.9 Å². The summed E-state index contributed by atoms with van der Waals surface area (Å²) in [6, 6.07) is 8.95. The first-order valence-electron chi connectivity index (χ1n) is 7.09. The Hall–Kier alpha value is -2.45. The van der Waals surface area contributed by atoms with Gasteiger partial charge < -0.3 is 26.0 Å². The Morgan fingerprint density at radius 2 is 1.52 bits per heavy atom. The molecule has 1 aromatic carbocycles. The summed E-state index contributed by atoms with van der Waals surface area (Å²) < 4.78 is 0. The second-order valence-electron chi connectivity index (χ2n) is 4.88. The van der Waals surface area contributed by atoms with Crippen molar-refractivity contribution in [3.63, 3.8) is 0 Å². The Morgan fingerprint density at radius 3 is 2.09 bits per heavy atom. The van der Waals surface area contributed by atoms with E-state index in [1.54, 1.807) is 24.3 Å². The second kappa shape index (κ2) is 9.54. The normalized spacial score (nSPS) is 13.0. The molecule has 2 amide bonds. The summed E-state index contributed by atoms with van der Waals surface area (Å²) in [7, 11) is 0. The minimum atomic E-state index is -1.92. The number of carboxylic acid groups (broad SMARTS) is 1. The number of carbonyl (C=O) groups is 3. The maximum Gasteiger partial charge on any atom is 0.303 e. The number of amides is 2. The van der Waals surface area contributed by atoms with Gasteiger partial charge in [-0.05, 0) is 12.0 Å². The van der Waals surface area contributed by atoms with Crippen LogP contribution >= 0.6 is 0 Å². The van der Waals surface area contributed by atoms with Gasteiger partial charge in [-0.15, -0.1) is 0 Å². The zero-order valence-electron chi connectivity index (χ0n) is 12.4. The number of carboxylic acids is 1. The van der Waals surface area contributed by atoms with Crippen molar-refractivity contribution in [2.24, 2.45) is 0 Å². The fraction of sp³-hybridized carbons (Fsp3) is 0.400. The minimum Gasteiger partial charge on any atom is -0.481 e. The van der Waals surface area contributed by atoms with Gasteiger partial charge in [0, 0.05) is 19.5 Å². The Kier molecular flexibility index (Phi) is 7.72. The maximum absolute atomic E-state index is 11.7. The lowest BCUT2D eigenvalue weighted by Gasteiger charge is -2.17. The molecule has 0 fully saturated rings. The third kappa shape index (κ3) is 6.90. The summed E-state index contributed by atoms with van der Waals surface area (Å²) in [4.78, 5) is 33.6. The van der Waals surface area contributed by atoms with Crippen LogP contribution in [0.1, 0.15) is 18.4 Å². The number of aliphatic hydroxyl groups excluding tert-OH is 2. The predicted octanol–water partition coefficient (Wildman–Crippen LogP) is -0.994. The largest absolute Gasteiger partial charge is 0.481 e. The highest BCUT2D eigenvalue weighted by molar-refractivity contribution is 5.90. The van der Waals surface area contributed by atoms with Crippen LogP contribution in [0.3, 0.4) is 0 Å². The van der Waals surface area contributed by atoms with Gasteiger partial charge in [-0.25, -0.2) is 0 Å². The number of hydrogen-bond donors (Lipinski definition) is 5. The van der Waals surface area contributed by atoms with E-state index in [9.17, 15) is 24.6 Å². The Morgan fingerprint density at radius 1 is 0.957 bits per heavy atom. The van der Waals surface area contributed by atoms with Crippen LogP contribution in [0, 0.1) is 0 Å². The van der Waals surface area contributed by atoms with Gasteiger partial charge in [-0.1, -0.05) is 30.3 Å². The molecule has 0 radical (unpaired) electrons. The van der Waals surface area contributed by atoms with Crippen molar-refractivity contribution in [3.05, 3.63) is 35.9 Å². The van der Waals surface area contributed by atoms with Crippen LogP contribution in [0.5, 0.6) is 0 Å². The molecular formula is C15H20N2O6. The number of nitrogens with one attached hydrogen (secondary N) is 2.